The number of amides is 1. The van der Waals surface area contributed by atoms with Gasteiger partial charge in [-0.1, -0.05) is 54.1 Å². The number of aromatic amines is 1. The molecule has 1 fully saturated rings. The third kappa shape index (κ3) is 6.42. The van der Waals surface area contributed by atoms with E-state index < -0.39 is 0 Å². The lowest BCUT2D eigenvalue weighted by Crippen LogP contribution is -2.53. The summed E-state index contributed by atoms with van der Waals surface area (Å²) in [4.78, 5) is 33.9. The van der Waals surface area contributed by atoms with Crippen LogP contribution in [0, 0.1) is 6.92 Å². The van der Waals surface area contributed by atoms with E-state index in [1.165, 1.54) is 5.56 Å². The Morgan fingerprint density at radius 2 is 1.72 bits per heavy atom. The molecule has 4 aromatic rings. The van der Waals surface area contributed by atoms with E-state index >= 15 is 0 Å². The van der Waals surface area contributed by atoms with Gasteiger partial charge in [-0.25, -0.2) is 4.79 Å². The molecule has 1 N–H and O–H groups in total. The fourth-order valence-corrected chi connectivity index (χ4v) is 5.62. The van der Waals surface area contributed by atoms with Gasteiger partial charge in [-0.2, -0.15) is 0 Å². The van der Waals surface area contributed by atoms with Crippen LogP contribution < -0.4 is 10.4 Å². The fraction of sp³-hybridized carbons (Fsp3) is 0.375. The van der Waals surface area contributed by atoms with Gasteiger partial charge in [0.25, 0.3) is 0 Å². The molecular weight excluding hydrogens is 488 g/mol. The second kappa shape index (κ2) is 12.3. The topological polar surface area (TPSA) is 70.6 Å². The largest absolute Gasteiger partial charge is 0.497 e. The average Bonchev–Trinajstić information content (AvgIpc) is 3.28. The number of methoxy groups -OCH3 is 1. The van der Waals surface area contributed by atoms with E-state index in [0.29, 0.717) is 19.5 Å². The zero-order valence-electron chi connectivity index (χ0n) is 22.9. The van der Waals surface area contributed by atoms with E-state index in [0.717, 1.165) is 66.7 Å². The summed E-state index contributed by atoms with van der Waals surface area (Å²) >= 11 is 0. The Morgan fingerprint density at radius 3 is 2.49 bits per heavy atom. The van der Waals surface area contributed by atoms with Crippen LogP contribution in [0.1, 0.15) is 42.4 Å². The SMILES string of the molecule is COc1ccc(CC(=O)N(Cc2ccc(C)cc2)C2CCCCN2CCCn2c(=O)[nH]c3ccccc32)cc1. The monoisotopic (exact) mass is 526 g/mol. The number of aromatic nitrogens is 2. The normalized spacial score (nSPS) is 15.9. The average molecular weight is 527 g/mol. The highest BCUT2D eigenvalue weighted by Gasteiger charge is 2.31. The Balaban J connectivity index is 1.33. The van der Waals surface area contributed by atoms with Gasteiger partial charge in [0.15, 0.2) is 0 Å². The number of benzene rings is 3. The van der Waals surface area contributed by atoms with Crippen molar-refractivity contribution < 1.29 is 9.53 Å². The van der Waals surface area contributed by atoms with Crippen LogP contribution in [0.5, 0.6) is 5.75 Å². The van der Waals surface area contributed by atoms with Crippen molar-refractivity contribution in [1.82, 2.24) is 19.4 Å². The second-order valence-electron chi connectivity index (χ2n) is 10.5. The number of rotatable bonds is 10. The molecule has 5 rings (SSSR count). The second-order valence-corrected chi connectivity index (χ2v) is 10.5. The van der Waals surface area contributed by atoms with Crippen LogP contribution in [0.15, 0.2) is 77.6 Å². The van der Waals surface area contributed by atoms with Crippen LogP contribution >= 0.6 is 0 Å². The van der Waals surface area contributed by atoms with E-state index in [1.807, 2.05) is 53.1 Å². The minimum atomic E-state index is -0.0675. The van der Waals surface area contributed by atoms with E-state index in [4.69, 9.17) is 4.74 Å². The van der Waals surface area contributed by atoms with Crippen LogP contribution in [0.25, 0.3) is 11.0 Å². The summed E-state index contributed by atoms with van der Waals surface area (Å²) in [6, 6.07) is 24.0. The number of carbonyl (C=O) groups excluding carboxylic acids is 1. The third-order valence-corrected chi connectivity index (χ3v) is 7.76. The van der Waals surface area contributed by atoms with Crippen LogP contribution in [-0.2, 0) is 24.3 Å². The molecule has 2 heterocycles. The minimum Gasteiger partial charge on any atom is -0.497 e. The Hall–Kier alpha value is -3.84. The molecule has 0 spiro atoms. The zero-order chi connectivity index (χ0) is 27.2. The van der Waals surface area contributed by atoms with Gasteiger partial charge in [0.05, 0.1) is 30.7 Å². The van der Waals surface area contributed by atoms with Crippen molar-refractivity contribution in [2.75, 3.05) is 20.2 Å². The molecule has 1 atom stereocenters. The van der Waals surface area contributed by atoms with Gasteiger partial charge in [-0.15, -0.1) is 0 Å². The number of imidazole rings is 1. The first-order chi connectivity index (χ1) is 19.0. The molecule has 1 unspecified atom stereocenters. The summed E-state index contributed by atoms with van der Waals surface area (Å²) in [5.41, 5.74) is 5.07. The highest BCUT2D eigenvalue weighted by atomic mass is 16.5. The number of ether oxygens (including phenoxy) is 1. The molecule has 1 aliphatic rings. The van der Waals surface area contributed by atoms with Gasteiger partial charge in [0, 0.05) is 26.2 Å². The Morgan fingerprint density at radius 1 is 0.974 bits per heavy atom. The summed E-state index contributed by atoms with van der Waals surface area (Å²) in [6.07, 6.45) is 4.39. The first-order valence-electron chi connectivity index (χ1n) is 13.9. The van der Waals surface area contributed by atoms with Crippen LogP contribution in [0.2, 0.25) is 0 Å². The standard InChI is InChI=1S/C32H38N4O3/c1-24-11-13-26(14-12-24)23-36(31(37)22-25-15-17-27(39-2)18-16-25)30-10-5-6-19-34(30)20-7-21-35-29-9-4-3-8-28(29)33-32(35)38/h3-4,8-9,11-18,30H,5-7,10,19-23H2,1-2H3,(H,33,38). The van der Waals surface area contributed by atoms with Crippen molar-refractivity contribution in [3.05, 3.63) is 100.0 Å². The number of para-hydroxylation sites is 2. The molecule has 7 nitrogen and oxygen atoms in total. The Bertz CT molecular complexity index is 1440. The molecule has 3 aromatic carbocycles. The number of fused-ring (bicyclic) bond motifs is 1. The number of carbonyl (C=O) groups is 1. The molecular formula is C32H38N4O3. The Labute approximate surface area is 230 Å². The number of nitrogens with one attached hydrogen (secondary N) is 1. The smallest absolute Gasteiger partial charge is 0.326 e. The minimum absolute atomic E-state index is 0.0329. The molecule has 0 saturated carbocycles. The molecule has 0 bridgehead atoms. The number of likely N-dealkylation sites (tertiary alicyclic amines) is 1. The maximum Gasteiger partial charge on any atom is 0.326 e. The molecule has 1 amide bonds. The number of hydrogen-bond acceptors (Lipinski definition) is 4. The zero-order valence-corrected chi connectivity index (χ0v) is 22.9. The molecule has 39 heavy (non-hydrogen) atoms. The predicted octanol–water partition coefficient (Wildman–Crippen LogP) is 5.12. The number of aryl methyl sites for hydroxylation is 2. The quantitative estimate of drug-likeness (QED) is 0.311. The van der Waals surface area contributed by atoms with Crippen LogP contribution in [0.3, 0.4) is 0 Å². The lowest BCUT2D eigenvalue weighted by atomic mass is 10.0. The summed E-state index contributed by atoms with van der Waals surface area (Å²) in [5.74, 6) is 0.918. The third-order valence-electron chi connectivity index (χ3n) is 7.76. The summed E-state index contributed by atoms with van der Waals surface area (Å²) < 4.78 is 7.12. The molecule has 0 radical (unpaired) electrons. The van der Waals surface area contributed by atoms with Gasteiger partial charge in [0.2, 0.25) is 5.91 Å². The number of hydrogen-bond donors (Lipinski definition) is 1. The Kier molecular flexibility index (Phi) is 8.47. The summed E-state index contributed by atoms with van der Waals surface area (Å²) in [7, 11) is 1.65. The predicted molar refractivity (Wildman–Crippen MR) is 155 cm³/mol. The number of piperidine rings is 1. The highest BCUT2D eigenvalue weighted by molar-refractivity contribution is 5.79. The molecule has 1 aliphatic heterocycles. The lowest BCUT2D eigenvalue weighted by molar-refractivity contribution is -0.139. The van der Waals surface area contributed by atoms with Gasteiger partial charge in [0.1, 0.15) is 5.75 Å². The summed E-state index contributed by atoms with van der Waals surface area (Å²) in [5, 5.41) is 0. The van der Waals surface area contributed by atoms with Gasteiger partial charge >= 0.3 is 5.69 Å². The maximum absolute atomic E-state index is 13.9. The molecule has 0 aliphatic carbocycles. The first-order valence-corrected chi connectivity index (χ1v) is 13.9. The van der Waals surface area contributed by atoms with Crippen molar-refractivity contribution in [1.29, 1.82) is 0 Å². The van der Waals surface area contributed by atoms with Crippen molar-refractivity contribution in [3.63, 3.8) is 0 Å². The van der Waals surface area contributed by atoms with Crippen molar-refractivity contribution in [2.24, 2.45) is 0 Å². The maximum atomic E-state index is 13.9. The molecule has 7 heteroatoms. The molecule has 1 saturated heterocycles. The highest BCUT2D eigenvalue weighted by Crippen LogP contribution is 2.24. The van der Waals surface area contributed by atoms with Crippen molar-refractivity contribution >= 4 is 16.9 Å². The molecule has 204 valence electrons. The van der Waals surface area contributed by atoms with E-state index in [1.54, 1.807) is 7.11 Å². The first kappa shape index (κ1) is 26.8. The van der Waals surface area contributed by atoms with Gasteiger partial charge in [-0.05, 0) is 68.0 Å². The summed E-state index contributed by atoms with van der Waals surface area (Å²) in [6.45, 7) is 5.09. The van der Waals surface area contributed by atoms with Crippen molar-refractivity contribution in [3.8, 4) is 5.75 Å². The lowest BCUT2D eigenvalue weighted by Gasteiger charge is -2.43. The number of nitrogens with zero attached hydrogens (tertiary/aromatic N) is 3. The fourth-order valence-electron chi connectivity index (χ4n) is 5.62. The van der Waals surface area contributed by atoms with Gasteiger partial charge in [-0.3, -0.25) is 14.3 Å². The number of H-pyrrole nitrogens is 1. The van der Waals surface area contributed by atoms with E-state index in [9.17, 15) is 9.59 Å². The van der Waals surface area contributed by atoms with E-state index in [-0.39, 0.29) is 17.8 Å². The van der Waals surface area contributed by atoms with E-state index in [2.05, 4.69) is 46.0 Å². The van der Waals surface area contributed by atoms with Crippen LogP contribution in [-0.4, -0.2) is 51.6 Å². The van der Waals surface area contributed by atoms with Crippen molar-refractivity contribution in [2.45, 2.75) is 58.3 Å². The van der Waals surface area contributed by atoms with Gasteiger partial charge < -0.3 is 14.6 Å². The molecule has 1 aromatic heterocycles. The van der Waals surface area contributed by atoms with Crippen LogP contribution in [0.4, 0.5) is 0 Å².